The molecule has 0 amide bonds. The lowest BCUT2D eigenvalue weighted by Gasteiger charge is -2.29. The maximum atomic E-state index is 4.58. The minimum Gasteiger partial charge on any atom is -0.317 e. The summed E-state index contributed by atoms with van der Waals surface area (Å²) in [6.45, 7) is 2.90. The Kier molecular flexibility index (Phi) is 2.36. The summed E-state index contributed by atoms with van der Waals surface area (Å²) >= 11 is 0. The van der Waals surface area contributed by atoms with Crippen LogP contribution in [0.4, 0.5) is 11.6 Å². The molecule has 2 aromatic rings. The van der Waals surface area contributed by atoms with Crippen molar-refractivity contribution in [3.8, 4) is 0 Å². The van der Waals surface area contributed by atoms with Gasteiger partial charge in [0, 0.05) is 50.2 Å². The van der Waals surface area contributed by atoms with Gasteiger partial charge in [0.15, 0.2) is 0 Å². The number of aromatic nitrogens is 3. The molecule has 0 unspecified atom stereocenters. The first kappa shape index (κ1) is 10.7. The normalized spacial score (nSPS) is 17.2. The van der Waals surface area contributed by atoms with Gasteiger partial charge in [0.25, 0.3) is 0 Å². The largest absolute Gasteiger partial charge is 0.317 e. The fourth-order valence-corrected chi connectivity index (χ4v) is 2.76. The van der Waals surface area contributed by atoms with E-state index in [0.29, 0.717) is 0 Å². The summed E-state index contributed by atoms with van der Waals surface area (Å²) < 4.78 is 2.19. The van der Waals surface area contributed by atoms with E-state index in [0.717, 1.165) is 55.4 Å². The zero-order chi connectivity index (χ0) is 12.7. The summed E-state index contributed by atoms with van der Waals surface area (Å²) in [5.41, 5.74) is 3.41. The second kappa shape index (κ2) is 4.19. The molecule has 5 heteroatoms. The van der Waals surface area contributed by atoms with E-state index in [2.05, 4.69) is 30.5 Å². The number of rotatable bonds is 1. The summed E-state index contributed by atoms with van der Waals surface area (Å²) in [5, 5.41) is 0. The molecule has 0 spiro atoms. The molecule has 19 heavy (non-hydrogen) atoms. The molecule has 0 aromatic carbocycles. The summed E-state index contributed by atoms with van der Waals surface area (Å²) in [7, 11) is 0. The van der Waals surface area contributed by atoms with Crippen LogP contribution in [-0.4, -0.2) is 33.8 Å². The molecule has 0 saturated heterocycles. The third-order valence-electron chi connectivity index (χ3n) is 3.72. The first-order valence-corrected chi connectivity index (χ1v) is 6.69. The van der Waals surface area contributed by atoms with Gasteiger partial charge in [-0.3, -0.25) is 9.98 Å². The highest BCUT2D eigenvalue weighted by atomic mass is 15.3. The average molecular weight is 253 g/mol. The number of anilines is 2. The Bertz CT molecular complexity index is 643. The van der Waals surface area contributed by atoms with Crippen molar-refractivity contribution in [2.45, 2.75) is 19.4 Å². The van der Waals surface area contributed by atoms with E-state index >= 15 is 0 Å². The highest BCUT2D eigenvalue weighted by Gasteiger charge is 2.20. The van der Waals surface area contributed by atoms with E-state index in [1.54, 1.807) is 0 Å². The molecule has 0 atom stereocenters. The van der Waals surface area contributed by atoms with Gasteiger partial charge in [-0.2, -0.15) is 0 Å². The lowest BCUT2D eigenvalue weighted by Crippen LogP contribution is -2.28. The molecule has 0 saturated carbocycles. The highest BCUT2D eigenvalue weighted by molar-refractivity contribution is 5.84. The Hall–Kier alpha value is -2.17. The van der Waals surface area contributed by atoms with Gasteiger partial charge in [-0.25, -0.2) is 4.98 Å². The van der Waals surface area contributed by atoms with Crippen molar-refractivity contribution in [3.63, 3.8) is 0 Å². The number of hydrogen-bond donors (Lipinski definition) is 0. The molecule has 4 rings (SSSR count). The number of aliphatic imine (C=N–C) groups is 1. The molecular weight excluding hydrogens is 238 g/mol. The highest BCUT2D eigenvalue weighted by Crippen LogP contribution is 2.28. The lowest BCUT2D eigenvalue weighted by molar-refractivity contribution is 0.591. The monoisotopic (exact) mass is 253 g/mol. The zero-order valence-electron chi connectivity index (χ0n) is 10.7. The number of nitrogens with zero attached hydrogens (tertiary/aromatic N) is 5. The van der Waals surface area contributed by atoms with E-state index in [-0.39, 0.29) is 0 Å². The molecule has 96 valence electrons. The second-order valence-corrected chi connectivity index (χ2v) is 4.94. The van der Waals surface area contributed by atoms with Crippen molar-refractivity contribution in [2.24, 2.45) is 4.99 Å². The third-order valence-corrected chi connectivity index (χ3v) is 3.72. The van der Waals surface area contributed by atoms with Crippen molar-refractivity contribution in [2.75, 3.05) is 18.0 Å². The standard InChI is InChI=1S/C14H15N5/c1-5-18-7-4-16-14(18)19(6-1)12-8-11-9-15-3-2-13(11)17-10-12/h4,7-10H,1-3,5-6H2. The Labute approximate surface area is 111 Å². The molecule has 0 aliphatic carbocycles. The van der Waals surface area contributed by atoms with Crippen molar-refractivity contribution < 1.29 is 0 Å². The average Bonchev–Trinajstić information content (AvgIpc) is 2.95. The van der Waals surface area contributed by atoms with Crippen LogP contribution in [0.5, 0.6) is 0 Å². The van der Waals surface area contributed by atoms with Crippen molar-refractivity contribution in [1.82, 2.24) is 14.5 Å². The van der Waals surface area contributed by atoms with E-state index < -0.39 is 0 Å². The van der Waals surface area contributed by atoms with Crippen LogP contribution >= 0.6 is 0 Å². The van der Waals surface area contributed by atoms with Crippen LogP contribution in [0, 0.1) is 0 Å². The molecule has 4 heterocycles. The quantitative estimate of drug-likeness (QED) is 0.778. The minimum atomic E-state index is 0.855. The molecule has 0 bridgehead atoms. The molecule has 0 N–H and O–H groups in total. The Balaban J connectivity index is 1.77. The minimum absolute atomic E-state index is 0.855. The number of fused-ring (bicyclic) bond motifs is 2. The number of hydrogen-bond acceptors (Lipinski definition) is 4. The Morgan fingerprint density at radius 1 is 1.16 bits per heavy atom. The van der Waals surface area contributed by atoms with Crippen molar-refractivity contribution >= 4 is 17.9 Å². The second-order valence-electron chi connectivity index (χ2n) is 4.94. The van der Waals surface area contributed by atoms with Crippen LogP contribution < -0.4 is 4.90 Å². The topological polar surface area (TPSA) is 46.3 Å². The maximum absolute atomic E-state index is 4.58. The number of aryl methyl sites for hydroxylation is 1. The van der Waals surface area contributed by atoms with Gasteiger partial charge in [-0.1, -0.05) is 0 Å². The molecule has 5 nitrogen and oxygen atoms in total. The summed E-state index contributed by atoms with van der Waals surface area (Å²) in [6, 6.07) is 2.18. The summed E-state index contributed by atoms with van der Waals surface area (Å²) in [4.78, 5) is 15.6. The fraction of sp³-hybridized carbons (Fsp3) is 0.357. The van der Waals surface area contributed by atoms with Gasteiger partial charge in [0.2, 0.25) is 5.95 Å². The predicted molar refractivity (Wildman–Crippen MR) is 74.3 cm³/mol. The summed E-state index contributed by atoms with van der Waals surface area (Å²) in [6.07, 6.45) is 9.87. The van der Waals surface area contributed by atoms with E-state index in [4.69, 9.17) is 0 Å². The van der Waals surface area contributed by atoms with Crippen LogP contribution in [0.3, 0.4) is 0 Å². The van der Waals surface area contributed by atoms with Gasteiger partial charge < -0.3 is 9.47 Å². The van der Waals surface area contributed by atoms with E-state index in [1.165, 1.54) is 0 Å². The van der Waals surface area contributed by atoms with Crippen molar-refractivity contribution in [1.29, 1.82) is 0 Å². The molecule has 0 radical (unpaired) electrons. The van der Waals surface area contributed by atoms with Gasteiger partial charge in [-0.15, -0.1) is 0 Å². The van der Waals surface area contributed by atoms with Crippen LogP contribution in [-0.2, 0) is 13.0 Å². The van der Waals surface area contributed by atoms with E-state index in [9.17, 15) is 0 Å². The SMILES string of the molecule is C1=NCCc2ncc(N3CCCn4ccnc43)cc21. The Morgan fingerprint density at radius 2 is 2.16 bits per heavy atom. The third kappa shape index (κ3) is 1.73. The number of imidazole rings is 1. The van der Waals surface area contributed by atoms with Gasteiger partial charge in [0.1, 0.15) is 0 Å². The first-order chi connectivity index (χ1) is 9.42. The predicted octanol–water partition coefficient (Wildman–Crippen LogP) is 1.79. The van der Waals surface area contributed by atoms with Crippen LogP contribution in [0.25, 0.3) is 0 Å². The first-order valence-electron chi connectivity index (χ1n) is 6.69. The lowest BCUT2D eigenvalue weighted by atomic mass is 10.1. The van der Waals surface area contributed by atoms with Gasteiger partial charge in [-0.05, 0) is 12.5 Å². The number of pyridine rings is 1. The zero-order valence-corrected chi connectivity index (χ0v) is 10.7. The van der Waals surface area contributed by atoms with Crippen molar-refractivity contribution in [3.05, 3.63) is 35.9 Å². The van der Waals surface area contributed by atoms with E-state index in [1.807, 2.05) is 24.8 Å². The maximum Gasteiger partial charge on any atom is 0.210 e. The van der Waals surface area contributed by atoms with Crippen LogP contribution in [0.1, 0.15) is 17.7 Å². The van der Waals surface area contributed by atoms with Gasteiger partial charge >= 0.3 is 0 Å². The fourth-order valence-electron chi connectivity index (χ4n) is 2.76. The molecular formula is C14H15N5. The molecule has 2 aliphatic rings. The smallest absolute Gasteiger partial charge is 0.210 e. The Morgan fingerprint density at radius 3 is 3.16 bits per heavy atom. The molecule has 2 aromatic heterocycles. The molecule has 2 aliphatic heterocycles. The summed E-state index contributed by atoms with van der Waals surface area (Å²) in [5.74, 6) is 1.01. The molecule has 0 fully saturated rings. The van der Waals surface area contributed by atoms with Crippen LogP contribution in [0.2, 0.25) is 0 Å². The van der Waals surface area contributed by atoms with Crippen LogP contribution in [0.15, 0.2) is 29.6 Å². The van der Waals surface area contributed by atoms with Gasteiger partial charge in [0.05, 0.1) is 17.6 Å².